The van der Waals surface area contributed by atoms with Crippen LogP contribution in [-0.2, 0) is 0 Å². The standard InChI is InChI=1S/C6H12O8/c7-2-1-4(9,10)6(13,14)5(11,12)3(2)8/h2-3,7-14H,1H2. The van der Waals surface area contributed by atoms with Gasteiger partial charge in [0.05, 0.1) is 6.10 Å². The minimum absolute atomic E-state index is 1.04. The highest BCUT2D eigenvalue weighted by atomic mass is 16.7. The molecule has 0 aliphatic heterocycles. The van der Waals surface area contributed by atoms with Crippen LogP contribution in [0.2, 0.25) is 0 Å². The van der Waals surface area contributed by atoms with Crippen molar-refractivity contribution in [3.63, 3.8) is 0 Å². The van der Waals surface area contributed by atoms with Gasteiger partial charge in [-0.3, -0.25) is 0 Å². The fourth-order valence-electron chi connectivity index (χ4n) is 1.31. The Morgan fingerprint density at radius 1 is 0.857 bits per heavy atom. The molecule has 84 valence electrons. The first-order valence-corrected chi connectivity index (χ1v) is 3.74. The lowest BCUT2D eigenvalue weighted by atomic mass is 9.79. The van der Waals surface area contributed by atoms with E-state index in [0.29, 0.717) is 0 Å². The lowest BCUT2D eigenvalue weighted by Gasteiger charge is -2.50. The second-order valence-electron chi connectivity index (χ2n) is 3.43. The predicted octanol–water partition coefficient (Wildman–Crippen LogP) is -4.85. The number of hydrogen-bond donors (Lipinski definition) is 8. The highest BCUT2D eigenvalue weighted by Crippen LogP contribution is 2.39. The lowest BCUT2D eigenvalue weighted by Crippen LogP contribution is -2.78. The minimum atomic E-state index is -3.77. The monoisotopic (exact) mass is 212 g/mol. The van der Waals surface area contributed by atoms with E-state index < -0.39 is 36.0 Å². The highest BCUT2D eigenvalue weighted by Gasteiger charge is 2.70. The molecule has 0 aromatic rings. The van der Waals surface area contributed by atoms with Gasteiger partial charge in [-0.05, 0) is 0 Å². The zero-order chi connectivity index (χ0) is 11.4. The molecule has 8 nitrogen and oxygen atoms in total. The van der Waals surface area contributed by atoms with Crippen molar-refractivity contribution in [2.75, 3.05) is 0 Å². The van der Waals surface area contributed by atoms with Crippen molar-refractivity contribution in [1.82, 2.24) is 0 Å². The summed E-state index contributed by atoms with van der Waals surface area (Å²) >= 11 is 0. The van der Waals surface area contributed by atoms with Crippen molar-refractivity contribution in [2.45, 2.75) is 36.0 Å². The first-order chi connectivity index (χ1) is 6.04. The van der Waals surface area contributed by atoms with Crippen LogP contribution in [-0.4, -0.2) is 70.4 Å². The summed E-state index contributed by atoms with van der Waals surface area (Å²) < 4.78 is 0. The fourth-order valence-corrected chi connectivity index (χ4v) is 1.31. The molecule has 0 spiro atoms. The second-order valence-corrected chi connectivity index (χ2v) is 3.43. The van der Waals surface area contributed by atoms with Crippen LogP contribution in [0.5, 0.6) is 0 Å². The summed E-state index contributed by atoms with van der Waals surface area (Å²) in [4.78, 5) is 0. The van der Waals surface area contributed by atoms with Crippen LogP contribution in [0.1, 0.15) is 6.42 Å². The molecule has 0 radical (unpaired) electrons. The van der Waals surface area contributed by atoms with Crippen molar-refractivity contribution >= 4 is 0 Å². The summed E-state index contributed by atoms with van der Waals surface area (Å²) in [5, 5.41) is 71.9. The summed E-state index contributed by atoms with van der Waals surface area (Å²) in [6, 6.07) is 0. The van der Waals surface area contributed by atoms with E-state index in [1.807, 2.05) is 0 Å². The minimum Gasteiger partial charge on any atom is -0.390 e. The van der Waals surface area contributed by atoms with E-state index in [1.165, 1.54) is 0 Å². The molecule has 1 saturated carbocycles. The smallest absolute Gasteiger partial charge is 0.277 e. The van der Waals surface area contributed by atoms with Crippen LogP contribution >= 0.6 is 0 Å². The molecule has 2 atom stereocenters. The third kappa shape index (κ3) is 1.25. The Bertz CT molecular complexity index is 234. The van der Waals surface area contributed by atoms with E-state index in [1.54, 1.807) is 0 Å². The van der Waals surface area contributed by atoms with Crippen LogP contribution < -0.4 is 0 Å². The number of rotatable bonds is 0. The molecular weight excluding hydrogens is 200 g/mol. The van der Waals surface area contributed by atoms with E-state index in [4.69, 9.17) is 40.9 Å². The summed E-state index contributed by atoms with van der Waals surface area (Å²) in [5.41, 5.74) is 0. The molecule has 2 unspecified atom stereocenters. The quantitative estimate of drug-likeness (QED) is 0.185. The Labute approximate surface area is 77.9 Å². The van der Waals surface area contributed by atoms with Crippen LogP contribution in [0.4, 0.5) is 0 Å². The van der Waals surface area contributed by atoms with Crippen LogP contribution in [0.3, 0.4) is 0 Å². The van der Waals surface area contributed by atoms with Crippen molar-refractivity contribution in [3.05, 3.63) is 0 Å². The van der Waals surface area contributed by atoms with Crippen LogP contribution in [0, 0.1) is 0 Å². The summed E-state index contributed by atoms with van der Waals surface area (Å²) in [6.45, 7) is 0. The van der Waals surface area contributed by atoms with E-state index in [2.05, 4.69) is 0 Å². The molecular formula is C6H12O8. The van der Waals surface area contributed by atoms with Gasteiger partial charge in [0.2, 0.25) is 5.79 Å². The predicted molar refractivity (Wildman–Crippen MR) is 38.1 cm³/mol. The van der Waals surface area contributed by atoms with Crippen LogP contribution in [0.25, 0.3) is 0 Å². The van der Waals surface area contributed by atoms with E-state index in [-0.39, 0.29) is 0 Å². The molecule has 0 saturated heterocycles. The lowest BCUT2D eigenvalue weighted by molar-refractivity contribution is -0.491. The normalized spacial score (nSPS) is 39.4. The molecule has 0 amide bonds. The summed E-state index contributed by atoms with van der Waals surface area (Å²) in [6.07, 6.45) is -5.28. The fraction of sp³-hybridized carbons (Fsp3) is 1.00. The average molecular weight is 212 g/mol. The number of aliphatic hydroxyl groups is 8. The number of hydrogen-bond acceptors (Lipinski definition) is 8. The van der Waals surface area contributed by atoms with Crippen molar-refractivity contribution in [3.8, 4) is 0 Å². The van der Waals surface area contributed by atoms with Gasteiger partial charge in [-0.1, -0.05) is 0 Å². The van der Waals surface area contributed by atoms with E-state index in [0.717, 1.165) is 0 Å². The van der Waals surface area contributed by atoms with Gasteiger partial charge in [0.15, 0.2) is 0 Å². The second kappa shape index (κ2) is 2.84. The molecule has 1 aliphatic rings. The third-order valence-electron chi connectivity index (χ3n) is 2.34. The summed E-state index contributed by atoms with van der Waals surface area (Å²) in [5.74, 6) is -10.7. The third-order valence-corrected chi connectivity index (χ3v) is 2.34. The van der Waals surface area contributed by atoms with Crippen molar-refractivity contribution < 1.29 is 40.9 Å². The van der Waals surface area contributed by atoms with Gasteiger partial charge in [0.25, 0.3) is 11.6 Å². The van der Waals surface area contributed by atoms with Gasteiger partial charge < -0.3 is 40.9 Å². The van der Waals surface area contributed by atoms with Gasteiger partial charge in [0, 0.05) is 6.42 Å². The van der Waals surface area contributed by atoms with E-state index >= 15 is 0 Å². The Morgan fingerprint density at radius 3 is 1.71 bits per heavy atom. The Balaban J connectivity index is 3.15. The first-order valence-electron chi connectivity index (χ1n) is 3.74. The molecule has 1 rings (SSSR count). The largest absolute Gasteiger partial charge is 0.390 e. The molecule has 1 aliphatic carbocycles. The van der Waals surface area contributed by atoms with E-state index in [9.17, 15) is 0 Å². The van der Waals surface area contributed by atoms with Gasteiger partial charge in [0.1, 0.15) is 6.10 Å². The van der Waals surface area contributed by atoms with Crippen molar-refractivity contribution in [1.29, 1.82) is 0 Å². The Morgan fingerprint density at radius 2 is 1.29 bits per heavy atom. The number of aliphatic hydroxyl groups excluding tert-OH is 2. The molecule has 0 heterocycles. The summed E-state index contributed by atoms with van der Waals surface area (Å²) in [7, 11) is 0. The maximum atomic E-state index is 9.00. The SMILES string of the molecule is OC1CC(O)(O)C(O)(O)C(O)(O)C1O. The molecule has 0 aromatic heterocycles. The highest BCUT2D eigenvalue weighted by molar-refractivity contribution is 5.05. The maximum Gasteiger partial charge on any atom is 0.277 e. The Kier molecular flexibility index (Phi) is 2.38. The zero-order valence-corrected chi connectivity index (χ0v) is 6.94. The molecule has 1 fully saturated rings. The van der Waals surface area contributed by atoms with Gasteiger partial charge >= 0.3 is 0 Å². The first kappa shape index (κ1) is 11.8. The molecule has 0 bridgehead atoms. The molecule has 14 heavy (non-hydrogen) atoms. The van der Waals surface area contributed by atoms with Gasteiger partial charge in [-0.2, -0.15) is 0 Å². The van der Waals surface area contributed by atoms with Crippen molar-refractivity contribution in [2.24, 2.45) is 0 Å². The molecule has 8 heteroatoms. The molecule has 0 aromatic carbocycles. The Hall–Kier alpha value is -0.320. The average Bonchev–Trinajstić information content (AvgIpc) is 1.99. The van der Waals surface area contributed by atoms with Gasteiger partial charge in [-0.25, -0.2) is 0 Å². The topological polar surface area (TPSA) is 162 Å². The zero-order valence-electron chi connectivity index (χ0n) is 6.94. The van der Waals surface area contributed by atoms with Crippen LogP contribution in [0.15, 0.2) is 0 Å². The maximum absolute atomic E-state index is 9.00. The van der Waals surface area contributed by atoms with Gasteiger partial charge in [-0.15, -0.1) is 0 Å². The molecule has 8 N–H and O–H groups in total.